The quantitative estimate of drug-likeness (QED) is 0.344. The fourth-order valence-corrected chi connectivity index (χ4v) is 4.06. The van der Waals surface area contributed by atoms with Crippen LogP contribution in [0.1, 0.15) is 29.3 Å². The normalized spacial score (nSPS) is 19.6. The van der Waals surface area contributed by atoms with Crippen molar-refractivity contribution in [2.24, 2.45) is 11.8 Å². The van der Waals surface area contributed by atoms with Gasteiger partial charge in [-0.15, -0.1) is 0 Å². The summed E-state index contributed by atoms with van der Waals surface area (Å²) in [4.78, 5) is 52.6. The molecule has 2 aromatic carbocycles. The summed E-state index contributed by atoms with van der Waals surface area (Å²) < 4.78 is 15.4. The number of amides is 1. The van der Waals surface area contributed by atoms with Crippen LogP contribution in [0.2, 0.25) is 0 Å². The molecule has 8 nitrogen and oxygen atoms in total. The number of hydrogen-bond donors (Lipinski definition) is 0. The summed E-state index contributed by atoms with van der Waals surface area (Å²) in [5, 5.41) is 0. The van der Waals surface area contributed by atoms with E-state index < -0.39 is 35.9 Å². The van der Waals surface area contributed by atoms with Gasteiger partial charge < -0.3 is 14.2 Å². The first-order chi connectivity index (χ1) is 16.0. The molecule has 0 radical (unpaired) electrons. The monoisotopic (exact) mass is 453 g/mol. The molecule has 1 aliphatic heterocycles. The molecule has 0 aromatic heterocycles. The molecule has 1 aliphatic rings. The highest BCUT2D eigenvalue weighted by molar-refractivity contribution is 6.00. The molecule has 1 heterocycles. The topological polar surface area (TPSA) is 99.2 Å². The minimum absolute atomic E-state index is 0.00465. The summed E-state index contributed by atoms with van der Waals surface area (Å²) in [6, 6.07) is 16.5. The summed E-state index contributed by atoms with van der Waals surface area (Å²) in [5.74, 6) is -3.15. The van der Waals surface area contributed by atoms with Gasteiger partial charge in [0.05, 0.1) is 20.1 Å². The van der Waals surface area contributed by atoms with Crippen LogP contribution >= 0.6 is 0 Å². The number of carbonyl (C=O) groups is 4. The number of likely N-dealkylation sites (tertiary alicyclic amines) is 1. The first kappa shape index (κ1) is 24.0. The molecule has 8 heteroatoms. The zero-order valence-corrected chi connectivity index (χ0v) is 18.6. The molecule has 0 aliphatic carbocycles. The van der Waals surface area contributed by atoms with Crippen LogP contribution in [-0.2, 0) is 30.4 Å². The molecular formula is C25H27NO7. The number of ketones is 1. The molecule has 0 N–H and O–H groups in total. The first-order valence-corrected chi connectivity index (χ1v) is 10.8. The third kappa shape index (κ3) is 5.77. The Hall–Kier alpha value is -3.68. The van der Waals surface area contributed by atoms with E-state index in [1.807, 2.05) is 30.3 Å². The second kappa shape index (κ2) is 11.3. The molecule has 33 heavy (non-hydrogen) atoms. The molecule has 0 saturated carbocycles. The summed E-state index contributed by atoms with van der Waals surface area (Å²) in [5.41, 5.74) is 1.21. The fourth-order valence-electron chi connectivity index (χ4n) is 4.06. The van der Waals surface area contributed by atoms with E-state index >= 15 is 0 Å². The van der Waals surface area contributed by atoms with Crippen LogP contribution in [-0.4, -0.2) is 55.0 Å². The van der Waals surface area contributed by atoms with Crippen LogP contribution in [0.3, 0.4) is 0 Å². The van der Waals surface area contributed by atoms with Gasteiger partial charge in [-0.05, 0) is 12.5 Å². The van der Waals surface area contributed by atoms with Gasteiger partial charge in [0.2, 0.25) is 0 Å². The Morgan fingerprint density at radius 1 is 0.939 bits per heavy atom. The lowest BCUT2D eigenvalue weighted by atomic mass is 9.82. The van der Waals surface area contributed by atoms with E-state index in [2.05, 4.69) is 0 Å². The zero-order chi connectivity index (χ0) is 23.8. The minimum atomic E-state index is -1.15. The van der Waals surface area contributed by atoms with Crippen LogP contribution < -0.4 is 0 Å². The number of benzene rings is 2. The lowest BCUT2D eigenvalue weighted by Gasteiger charge is -2.25. The first-order valence-electron chi connectivity index (χ1n) is 10.8. The average molecular weight is 453 g/mol. The van der Waals surface area contributed by atoms with Crippen LogP contribution in [0.25, 0.3) is 0 Å². The fraction of sp³-hybridized carbons (Fsp3) is 0.360. The number of esters is 2. The molecule has 1 fully saturated rings. The van der Waals surface area contributed by atoms with Gasteiger partial charge in [-0.2, -0.15) is 0 Å². The number of Topliss-reactive ketones (excluding diaryl/α,β-unsaturated/α-hetero) is 1. The number of carbonyl (C=O) groups excluding carboxylic acids is 4. The third-order valence-corrected chi connectivity index (χ3v) is 5.64. The Bertz CT molecular complexity index is 977. The maximum absolute atomic E-state index is 13.3. The van der Waals surface area contributed by atoms with Crippen molar-refractivity contribution in [1.29, 1.82) is 0 Å². The SMILES string of the molecule is CCOC(=O)[C@@H]1[C@@H](CC(=O)OC)[C@@H](C(=O)c2ccccc2)CN1C(=O)OCc1ccccc1. The standard InChI is InChI=1S/C25H27NO7/c1-3-32-24(29)22-19(14-21(27)31-2)20(23(28)18-12-8-5-9-13-18)15-26(22)25(30)33-16-17-10-6-4-7-11-17/h4-13,19-20,22H,3,14-16H2,1-2H3/t19-,20-,22-/m0/s1. The highest BCUT2D eigenvalue weighted by Gasteiger charge is 2.52. The lowest BCUT2D eigenvalue weighted by Crippen LogP contribution is -2.45. The van der Waals surface area contributed by atoms with Crippen molar-refractivity contribution in [2.75, 3.05) is 20.3 Å². The molecule has 1 amide bonds. The smallest absolute Gasteiger partial charge is 0.410 e. The molecule has 0 bridgehead atoms. The van der Waals surface area contributed by atoms with Gasteiger partial charge in [0, 0.05) is 23.9 Å². The van der Waals surface area contributed by atoms with Crippen molar-refractivity contribution < 1.29 is 33.4 Å². The van der Waals surface area contributed by atoms with E-state index in [0.717, 1.165) is 5.56 Å². The molecule has 2 aromatic rings. The van der Waals surface area contributed by atoms with Gasteiger partial charge in [-0.3, -0.25) is 14.5 Å². The molecule has 174 valence electrons. The largest absolute Gasteiger partial charge is 0.469 e. The Morgan fingerprint density at radius 3 is 2.18 bits per heavy atom. The van der Waals surface area contributed by atoms with Crippen molar-refractivity contribution in [3.05, 3.63) is 71.8 Å². The summed E-state index contributed by atoms with van der Waals surface area (Å²) in [7, 11) is 1.23. The van der Waals surface area contributed by atoms with E-state index in [4.69, 9.17) is 14.2 Å². The second-order valence-electron chi connectivity index (χ2n) is 7.67. The highest BCUT2D eigenvalue weighted by Crippen LogP contribution is 2.36. The van der Waals surface area contributed by atoms with Gasteiger partial charge in [0.25, 0.3) is 0 Å². The van der Waals surface area contributed by atoms with E-state index in [0.29, 0.717) is 5.56 Å². The predicted octanol–water partition coefficient (Wildman–Crippen LogP) is 3.25. The van der Waals surface area contributed by atoms with Crippen LogP contribution in [0, 0.1) is 11.8 Å². The van der Waals surface area contributed by atoms with Crippen molar-refractivity contribution in [1.82, 2.24) is 4.90 Å². The molecule has 3 atom stereocenters. The van der Waals surface area contributed by atoms with E-state index in [1.165, 1.54) is 12.0 Å². The molecule has 1 saturated heterocycles. The number of ether oxygens (including phenoxy) is 3. The van der Waals surface area contributed by atoms with E-state index in [-0.39, 0.29) is 32.0 Å². The van der Waals surface area contributed by atoms with E-state index in [1.54, 1.807) is 37.3 Å². The molecule has 0 unspecified atom stereocenters. The van der Waals surface area contributed by atoms with Crippen molar-refractivity contribution >= 4 is 23.8 Å². The van der Waals surface area contributed by atoms with Crippen molar-refractivity contribution in [2.45, 2.75) is 26.0 Å². The van der Waals surface area contributed by atoms with Crippen LogP contribution in [0.4, 0.5) is 4.79 Å². The number of hydrogen-bond acceptors (Lipinski definition) is 7. The minimum Gasteiger partial charge on any atom is -0.469 e. The Balaban J connectivity index is 1.90. The summed E-state index contributed by atoms with van der Waals surface area (Å²) >= 11 is 0. The summed E-state index contributed by atoms with van der Waals surface area (Å²) in [6.07, 6.45) is -0.971. The Labute approximate surface area is 192 Å². The van der Waals surface area contributed by atoms with Gasteiger partial charge in [0.15, 0.2) is 5.78 Å². The second-order valence-corrected chi connectivity index (χ2v) is 7.67. The van der Waals surface area contributed by atoms with Crippen LogP contribution in [0.5, 0.6) is 0 Å². The molecular weight excluding hydrogens is 426 g/mol. The molecule has 0 spiro atoms. The predicted molar refractivity (Wildman–Crippen MR) is 118 cm³/mol. The Kier molecular flexibility index (Phi) is 8.18. The van der Waals surface area contributed by atoms with Crippen molar-refractivity contribution in [3.63, 3.8) is 0 Å². The maximum Gasteiger partial charge on any atom is 0.410 e. The molecule has 3 rings (SSSR count). The van der Waals surface area contributed by atoms with Gasteiger partial charge in [0.1, 0.15) is 12.6 Å². The zero-order valence-electron chi connectivity index (χ0n) is 18.6. The van der Waals surface area contributed by atoms with Crippen LogP contribution in [0.15, 0.2) is 60.7 Å². The lowest BCUT2D eigenvalue weighted by molar-refractivity contribution is -0.150. The maximum atomic E-state index is 13.3. The van der Waals surface area contributed by atoms with Gasteiger partial charge in [-0.25, -0.2) is 9.59 Å². The van der Waals surface area contributed by atoms with Gasteiger partial charge >= 0.3 is 18.0 Å². The highest BCUT2D eigenvalue weighted by atomic mass is 16.6. The number of nitrogens with zero attached hydrogens (tertiary/aromatic N) is 1. The van der Waals surface area contributed by atoms with Crippen molar-refractivity contribution in [3.8, 4) is 0 Å². The summed E-state index contributed by atoms with van der Waals surface area (Å²) in [6.45, 7) is 1.66. The Morgan fingerprint density at radius 2 is 1.58 bits per heavy atom. The number of methoxy groups -OCH3 is 1. The van der Waals surface area contributed by atoms with Gasteiger partial charge in [-0.1, -0.05) is 60.7 Å². The average Bonchev–Trinajstić information content (AvgIpc) is 3.22. The van der Waals surface area contributed by atoms with E-state index in [9.17, 15) is 19.2 Å². The third-order valence-electron chi connectivity index (χ3n) is 5.64. The number of rotatable bonds is 8.